The van der Waals surface area contributed by atoms with Gasteiger partial charge in [-0.3, -0.25) is 4.79 Å². The maximum atomic E-state index is 12.7. The fourth-order valence-corrected chi connectivity index (χ4v) is 3.55. The van der Waals surface area contributed by atoms with Gasteiger partial charge in [0.2, 0.25) is 0 Å². The van der Waals surface area contributed by atoms with Gasteiger partial charge in [0, 0.05) is 38.4 Å². The zero-order chi connectivity index (χ0) is 15.0. The first-order valence-electron chi connectivity index (χ1n) is 7.77. The van der Waals surface area contributed by atoms with Crippen LogP contribution in [0.1, 0.15) is 30.1 Å². The lowest BCUT2D eigenvalue weighted by Crippen LogP contribution is -2.29. The van der Waals surface area contributed by atoms with Crippen molar-refractivity contribution in [1.29, 1.82) is 0 Å². The molecule has 0 saturated carbocycles. The number of nitrogens with zero attached hydrogens (tertiary/aromatic N) is 2. The molecule has 1 fully saturated rings. The van der Waals surface area contributed by atoms with E-state index in [2.05, 4.69) is 17.9 Å². The number of rotatable bonds is 2. The van der Waals surface area contributed by atoms with Gasteiger partial charge in [-0.05, 0) is 49.8 Å². The standard InChI is InChI=1S/C18H24N2O/c1-13-7-8-15-11-20(12-16(15)9-13)18(21)14-5-4-6-17(10-14)19(2)3/h4-7,10,15-16H,8-9,11-12H2,1-3H3/t15-,16+/m1/s1. The summed E-state index contributed by atoms with van der Waals surface area (Å²) >= 11 is 0. The highest BCUT2D eigenvalue weighted by molar-refractivity contribution is 5.95. The fraction of sp³-hybridized carbons (Fsp3) is 0.500. The molecule has 0 bridgehead atoms. The van der Waals surface area contributed by atoms with Gasteiger partial charge in [-0.2, -0.15) is 0 Å². The minimum atomic E-state index is 0.186. The number of likely N-dealkylation sites (tertiary alicyclic amines) is 1. The van der Waals surface area contributed by atoms with Crippen molar-refractivity contribution in [2.24, 2.45) is 11.8 Å². The molecule has 2 atom stereocenters. The molecule has 3 nitrogen and oxygen atoms in total. The zero-order valence-electron chi connectivity index (χ0n) is 13.2. The third kappa shape index (κ3) is 2.82. The van der Waals surface area contributed by atoms with Gasteiger partial charge in [0.25, 0.3) is 5.91 Å². The summed E-state index contributed by atoms with van der Waals surface area (Å²) in [7, 11) is 4.00. The number of anilines is 1. The van der Waals surface area contributed by atoms with E-state index in [1.807, 2.05) is 43.3 Å². The van der Waals surface area contributed by atoms with Crippen molar-refractivity contribution in [3.63, 3.8) is 0 Å². The van der Waals surface area contributed by atoms with E-state index in [1.54, 1.807) is 0 Å². The van der Waals surface area contributed by atoms with Gasteiger partial charge in [-0.25, -0.2) is 0 Å². The summed E-state index contributed by atoms with van der Waals surface area (Å²) in [5.41, 5.74) is 3.37. The third-order valence-electron chi connectivity index (χ3n) is 4.83. The molecule has 1 saturated heterocycles. The number of allylic oxidation sites excluding steroid dienone is 2. The summed E-state index contributed by atoms with van der Waals surface area (Å²) < 4.78 is 0. The van der Waals surface area contributed by atoms with Crippen LogP contribution in [0.25, 0.3) is 0 Å². The van der Waals surface area contributed by atoms with Crippen LogP contribution >= 0.6 is 0 Å². The Bertz CT molecular complexity index is 576. The number of amides is 1. The van der Waals surface area contributed by atoms with Gasteiger partial charge in [0.05, 0.1) is 0 Å². The Morgan fingerprint density at radius 2 is 2.00 bits per heavy atom. The number of carbonyl (C=O) groups excluding carboxylic acids is 1. The molecule has 1 aromatic rings. The zero-order valence-corrected chi connectivity index (χ0v) is 13.2. The predicted octanol–water partition coefficient (Wildman–Crippen LogP) is 3.18. The number of hydrogen-bond donors (Lipinski definition) is 0. The van der Waals surface area contributed by atoms with E-state index < -0.39 is 0 Å². The first-order chi connectivity index (χ1) is 10.0. The fourth-order valence-electron chi connectivity index (χ4n) is 3.55. The van der Waals surface area contributed by atoms with Crippen molar-refractivity contribution in [3.05, 3.63) is 41.5 Å². The molecule has 3 rings (SSSR count). The van der Waals surface area contributed by atoms with Gasteiger partial charge in [0.1, 0.15) is 0 Å². The summed E-state index contributed by atoms with van der Waals surface area (Å²) in [5.74, 6) is 1.51. The first kappa shape index (κ1) is 14.2. The van der Waals surface area contributed by atoms with Crippen LogP contribution in [0.5, 0.6) is 0 Å². The normalized spacial score (nSPS) is 24.5. The molecular weight excluding hydrogens is 260 g/mol. The molecule has 1 aliphatic heterocycles. The average molecular weight is 284 g/mol. The minimum Gasteiger partial charge on any atom is -0.378 e. The van der Waals surface area contributed by atoms with Crippen molar-refractivity contribution >= 4 is 11.6 Å². The van der Waals surface area contributed by atoms with E-state index in [4.69, 9.17) is 0 Å². The van der Waals surface area contributed by atoms with E-state index >= 15 is 0 Å². The number of carbonyl (C=O) groups is 1. The molecule has 1 aromatic carbocycles. The van der Waals surface area contributed by atoms with Gasteiger partial charge in [-0.1, -0.05) is 17.7 Å². The average Bonchev–Trinajstić information content (AvgIpc) is 2.89. The van der Waals surface area contributed by atoms with Gasteiger partial charge in [0.15, 0.2) is 0 Å². The lowest BCUT2D eigenvalue weighted by atomic mass is 9.83. The van der Waals surface area contributed by atoms with E-state index in [0.29, 0.717) is 11.8 Å². The van der Waals surface area contributed by atoms with Crippen LogP contribution in [0.3, 0.4) is 0 Å². The maximum Gasteiger partial charge on any atom is 0.253 e. The maximum absolute atomic E-state index is 12.7. The Hall–Kier alpha value is -1.77. The second kappa shape index (κ2) is 5.55. The van der Waals surface area contributed by atoms with E-state index in [0.717, 1.165) is 37.2 Å². The highest BCUT2D eigenvalue weighted by Gasteiger charge is 2.36. The van der Waals surface area contributed by atoms with Crippen molar-refractivity contribution in [2.45, 2.75) is 19.8 Å². The Balaban J connectivity index is 1.74. The van der Waals surface area contributed by atoms with Gasteiger partial charge >= 0.3 is 0 Å². The second-order valence-corrected chi connectivity index (χ2v) is 6.67. The second-order valence-electron chi connectivity index (χ2n) is 6.67. The van der Waals surface area contributed by atoms with Crippen LogP contribution in [0, 0.1) is 11.8 Å². The topological polar surface area (TPSA) is 23.6 Å². The van der Waals surface area contributed by atoms with Crippen LogP contribution in [0.2, 0.25) is 0 Å². The predicted molar refractivity (Wildman–Crippen MR) is 86.6 cm³/mol. The lowest BCUT2D eigenvalue weighted by Gasteiger charge is -2.21. The SMILES string of the molecule is CC1=CC[C@@H]2CN(C(=O)c3cccc(N(C)C)c3)C[C@@H]2C1. The van der Waals surface area contributed by atoms with E-state index in [1.165, 1.54) is 5.57 Å². The van der Waals surface area contributed by atoms with Crippen LogP contribution in [0.4, 0.5) is 5.69 Å². The molecular formula is C18H24N2O. The summed E-state index contributed by atoms with van der Waals surface area (Å²) in [6.45, 7) is 4.04. The first-order valence-corrected chi connectivity index (χ1v) is 7.77. The molecule has 0 unspecified atom stereocenters. The number of hydrogen-bond acceptors (Lipinski definition) is 2. The van der Waals surface area contributed by atoms with Crippen molar-refractivity contribution in [3.8, 4) is 0 Å². The Morgan fingerprint density at radius 3 is 2.76 bits per heavy atom. The minimum absolute atomic E-state index is 0.186. The van der Waals surface area contributed by atoms with E-state index in [-0.39, 0.29) is 5.91 Å². The van der Waals surface area contributed by atoms with Crippen LogP contribution in [-0.4, -0.2) is 38.0 Å². The molecule has 112 valence electrons. The number of benzene rings is 1. The molecule has 0 aromatic heterocycles. The van der Waals surface area contributed by atoms with Crippen LogP contribution < -0.4 is 4.90 Å². The highest BCUT2D eigenvalue weighted by atomic mass is 16.2. The quantitative estimate of drug-likeness (QED) is 0.779. The van der Waals surface area contributed by atoms with Crippen LogP contribution in [0.15, 0.2) is 35.9 Å². The molecule has 1 heterocycles. The van der Waals surface area contributed by atoms with Crippen molar-refractivity contribution in [2.75, 3.05) is 32.1 Å². The molecule has 0 radical (unpaired) electrons. The Labute approximate surface area is 127 Å². The highest BCUT2D eigenvalue weighted by Crippen LogP contribution is 2.36. The summed E-state index contributed by atoms with van der Waals surface area (Å²) in [5, 5.41) is 0. The molecule has 0 spiro atoms. The largest absolute Gasteiger partial charge is 0.378 e. The Morgan fingerprint density at radius 1 is 1.24 bits per heavy atom. The summed E-state index contributed by atoms with van der Waals surface area (Å²) in [6, 6.07) is 7.93. The third-order valence-corrected chi connectivity index (χ3v) is 4.83. The Kier molecular flexibility index (Phi) is 3.75. The van der Waals surface area contributed by atoms with Gasteiger partial charge in [-0.15, -0.1) is 0 Å². The molecule has 21 heavy (non-hydrogen) atoms. The van der Waals surface area contributed by atoms with Crippen molar-refractivity contribution in [1.82, 2.24) is 4.90 Å². The lowest BCUT2D eigenvalue weighted by molar-refractivity contribution is 0.0784. The smallest absolute Gasteiger partial charge is 0.253 e. The molecule has 1 aliphatic carbocycles. The molecule has 3 heteroatoms. The summed E-state index contributed by atoms with van der Waals surface area (Å²) in [6.07, 6.45) is 4.64. The van der Waals surface area contributed by atoms with Gasteiger partial charge < -0.3 is 9.80 Å². The van der Waals surface area contributed by atoms with E-state index in [9.17, 15) is 4.79 Å². The van der Waals surface area contributed by atoms with Crippen LogP contribution in [-0.2, 0) is 0 Å². The molecule has 2 aliphatic rings. The molecule has 0 N–H and O–H groups in total. The molecule has 1 amide bonds. The monoisotopic (exact) mass is 284 g/mol. The van der Waals surface area contributed by atoms with Crippen molar-refractivity contribution < 1.29 is 4.79 Å². The summed E-state index contributed by atoms with van der Waals surface area (Å²) in [4.78, 5) is 16.8. The number of fused-ring (bicyclic) bond motifs is 1.